The largest absolute Gasteiger partial charge is 0.576 e. The molecule has 0 spiro atoms. The summed E-state index contributed by atoms with van der Waals surface area (Å²) in [7, 11) is 0.225. The Morgan fingerprint density at radius 3 is 1.52 bits per heavy atom. The Hall–Kier alpha value is -1.90. The average molecular weight is 282 g/mol. The fourth-order valence-electron chi connectivity index (χ4n) is 2.09. The van der Waals surface area contributed by atoms with Crippen molar-refractivity contribution in [2.45, 2.75) is 39.5 Å². The molecule has 0 fully saturated rings. The minimum absolute atomic E-state index is 0.225. The van der Waals surface area contributed by atoms with Gasteiger partial charge in [-0.1, -0.05) is 52.0 Å². The molecule has 0 amide bonds. The summed E-state index contributed by atoms with van der Waals surface area (Å²) in [6, 6.07) is 16.3. The van der Waals surface area contributed by atoms with E-state index in [2.05, 4.69) is 52.0 Å². The van der Waals surface area contributed by atoms with Crippen molar-refractivity contribution in [3.8, 4) is 11.5 Å². The number of hydrogen-bond donors (Lipinski definition) is 0. The van der Waals surface area contributed by atoms with E-state index in [9.17, 15) is 0 Å². The molecule has 2 rings (SSSR count). The summed E-state index contributed by atoms with van der Waals surface area (Å²) in [4.78, 5) is 0. The Morgan fingerprint density at radius 2 is 1.14 bits per heavy atom. The van der Waals surface area contributed by atoms with Crippen molar-refractivity contribution < 1.29 is 9.31 Å². The Morgan fingerprint density at radius 1 is 0.714 bits per heavy atom. The molecule has 2 nitrogen and oxygen atoms in total. The molecular weight excluding hydrogens is 259 g/mol. The molecular formula is C18H23BO2. The lowest BCUT2D eigenvalue weighted by molar-refractivity contribution is 0.458. The summed E-state index contributed by atoms with van der Waals surface area (Å²) in [5.74, 6) is 2.69. The highest BCUT2D eigenvalue weighted by Crippen LogP contribution is 2.21. The van der Waals surface area contributed by atoms with Crippen molar-refractivity contribution in [3.05, 3.63) is 59.7 Å². The maximum atomic E-state index is 5.68. The van der Waals surface area contributed by atoms with Gasteiger partial charge in [0.1, 0.15) is 11.5 Å². The van der Waals surface area contributed by atoms with Gasteiger partial charge in [0.15, 0.2) is 0 Å². The van der Waals surface area contributed by atoms with Crippen LogP contribution in [0.3, 0.4) is 0 Å². The first-order chi connectivity index (χ1) is 10.1. The molecule has 0 aliphatic heterocycles. The molecule has 0 aromatic heterocycles. The van der Waals surface area contributed by atoms with Crippen LogP contribution in [-0.2, 0) is 0 Å². The van der Waals surface area contributed by atoms with Gasteiger partial charge in [0.05, 0.1) is 0 Å². The van der Waals surface area contributed by atoms with Crippen molar-refractivity contribution in [2.75, 3.05) is 0 Å². The fraction of sp³-hybridized carbons (Fsp3) is 0.333. The van der Waals surface area contributed by atoms with E-state index in [-0.39, 0.29) is 7.69 Å². The minimum Gasteiger partial charge on any atom is -0.529 e. The SMILES string of the molecule is CC(C)c1cccc(OBOc2cccc(C(C)C)c2)c1. The summed E-state index contributed by atoms with van der Waals surface area (Å²) in [6.45, 7) is 8.69. The first-order valence-corrected chi connectivity index (χ1v) is 7.52. The molecule has 21 heavy (non-hydrogen) atoms. The Balaban J connectivity index is 1.92. The molecule has 0 unspecified atom stereocenters. The molecule has 0 heterocycles. The smallest absolute Gasteiger partial charge is 0.529 e. The molecule has 0 aliphatic carbocycles. The van der Waals surface area contributed by atoms with Crippen LogP contribution in [0.15, 0.2) is 48.5 Å². The quantitative estimate of drug-likeness (QED) is 0.717. The Labute approximate surface area is 128 Å². The van der Waals surface area contributed by atoms with Crippen molar-refractivity contribution >= 4 is 7.69 Å². The molecule has 0 saturated heterocycles. The van der Waals surface area contributed by atoms with Crippen LogP contribution in [0.1, 0.15) is 50.7 Å². The van der Waals surface area contributed by atoms with Crippen molar-refractivity contribution in [1.82, 2.24) is 0 Å². The summed E-state index contributed by atoms with van der Waals surface area (Å²) in [6.07, 6.45) is 0. The van der Waals surface area contributed by atoms with Crippen LogP contribution >= 0.6 is 0 Å². The lowest BCUT2D eigenvalue weighted by atomic mass is 10.0. The predicted molar refractivity (Wildman–Crippen MR) is 89.5 cm³/mol. The zero-order valence-electron chi connectivity index (χ0n) is 13.3. The highest BCUT2D eigenvalue weighted by Gasteiger charge is 2.04. The summed E-state index contributed by atoms with van der Waals surface area (Å²) < 4.78 is 11.4. The second kappa shape index (κ2) is 7.21. The number of hydrogen-bond acceptors (Lipinski definition) is 2. The first kappa shape index (κ1) is 15.5. The van der Waals surface area contributed by atoms with E-state index < -0.39 is 0 Å². The topological polar surface area (TPSA) is 18.5 Å². The van der Waals surface area contributed by atoms with Gasteiger partial charge in [-0.05, 0) is 47.2 Å². The third-order valence-corrected chi connectivity index (χ3v) is 3.50. The molecule has 3 heteroatoms. The van der Waals surface area contributed by atoms with Gasteiger partial charge in [-0.2, -0.15) is 0 Å². The van der Waals surface area contributed by atoms with E-state index in [1.807, 2.05) is 24.3 Å². The maximum Gasteiger partial charge on any atom is 0.576 e. The van der Waals surface area contributed by atoms with Crippen LogP contribution < -0.4 is 9.31 Å². The maximum absolute atomic E-state index is 5.68. The van der Waals surface area contributed by atoms with Gasteiger partial charge in [0, 0.05) is 0 Å². The molecule has 0 aliphatic rings. The van der Waals surface area contributed by atoms with Crippen LogP contribution in [0.25, 0.3) is 0 Å². The van der Waals surface area contributed by atoms with E-state index in [0.717, 1.165) is 11.5 Å². The predicted octanol–water partition coefficient (Wildman–Crippen LogP) is 4.66. The Kier molecular flexibility index (Phi) is 5.32. The Bertz CT molecular complexity index is 527. The molecule has 0 N–H and O–H groups in total. The van der Waals surface area contributed by atoms with Crippen molar-refractivity contribution in [2.24, 2.45) is 0 Å². The summed E-state index contributed by atoms with van der Waals surface area (Å²) >= 11 is 0. The van der Waals surface area contributed by atoms with E-state index in [0.29, 0.717) is 11.8 Å². The zero-order chi connectivity index (χ0) is 15.2. The monoisotopic (exact) mass is 282 g/mol. The van der Waals surface area contributed by atoms with Crippen molar-refractivity contribution in [3.63, 3.8) is 0 Å². The van der Waals surface area contributed by atoms with E-state index in [1.54, 1.807) is 0 Å². The molecule has 110 valence electrons. The zero-order valence-corrected chi connectivity index (χ0v) is 13.3. The third kappa shape index (κ3) is 4.56. The number of rotatable bonds is 6. The first-order valence-electron chi connectivity index (χ1n) is 7.52. The van der Waals surface area contributed by atoms with Gasteiger partial charge in [0.2, 0.25) is 0 Å². The van der Waals surface area contributed by atoms with Gasteiger partial charge in [-0.3, -0.25) is 0 Å². The van der Waals surface area contributed by atoms with Crippen molar-refractivity contribution in [1.29, 1.82) is 0 Å². The lowest BCUT2D eigenvalue weighted by Crippen LogP contribution is -2.11. The average Bonchev–Trinajstić information content (AvgIpc) is 2.48. The van der Waals surface area contributed by atoms with Crippen LogP contribution in [0, 0.1) is 0 Å². The van der Waals surface area contributed by atoms with Crippen LogP contribution in [-0.4, -0.2) is 7.69 Å². The molecule has 0 radical (unpaired) electrons. The fourth-order valence-corrected chi connectivity index (χ4v) is 2.09. The van der Waals surface area contributed by atoms with E-state index in [4.69, 9.17) is 9.31 Å². The molecule has 0 bridgehead atoms. The summed E-state index contributed by atoms with van der Waals surface area (Å²) in [5, 5.41) is 0. The minimum atomic E-state index is 0.225. The summed E-state index contributed by atoms with van der Waals surface area (Å²) in [5.41, 5.74) is 2.55. The van der Waals surface area contributed by atoms with E-state index >= 15 is 0 Å². The molecule has 2 aromatic rings. The van der Waals surface area contributed by atoms with Crippen LogP contribution in [0.2, 0.25) is 0 Å². The van der Waals surface area contributed by atoms with E-state index in [1.165, 1.54) is 11.1 Å². The van der Waals surface area contributed by atoms with Crippen LogP contribution in [0.4, 0.5) is 0 Å². The molecule has 2 aromatic carbocycles. The number of benzene rings is 2. The third-order valence-electron chi connectivity index (χ3n) is 3.50. The van der Waals surface area contributed by atoms with Gasteiger partial charge in [-0.15, -0.1) is 0 Å². The van der Waals surface area contributed by atoms with Gasteiger partial charge in [-0.25, -0.2) is 0 Å². The van der Waals surface area contributed by atoms with Gasteiger partial charge >= 0.3 is 7.69 Å². The standard InChI is InChI=1S/C18H23BO2/c1-13(2)15-7-5-9-17(11-15)20-19-21-18-10-6-8-16(12-18)14(3)4/h5-14,19H,1-4H3. The highest BCUT2D eigenvalue weighted by atomic mass is 16.6. The second-order valence-corrected chi connectivity index (χ2v) is 5.86. The van der Waals surface area contributed by atoms with Gasteiger partial charge < -0.3 is 9.31 Å². The van der Waals surface area contributed by atoms with Crippen LogP contribution in [0.5, 0.6) is 11.5 Å². The molecule has 0 saturated carbocycles. The van der Waals surface area contributed by atoms with Gasteiger partial charge in [0.25, 0.3) is 0 Å². The normalized spacial score (nSPS) is 10.8. The lowest BCUT2D eigenvalue weighted by Gasteiger charge is -2.12. The second-order valence-electron chi connectivity index (χ2n) is 5.86. The highest BCUT2D eigenvalue weighted by molar-refractivity contribution is 6.20. The molecule has 0 atom stereocenters.